The number of rotatable bonds is 1. The van der Waals surface area contributed by atoms with Crippen LogP contribution in [0.25, 0.3) is 0 Å². The Labute approximate surface area is 113 Å². The lowest BCUT2D eigenvalue weighted by Crippen LogP contribution is -2.44. The molecule has 2 aliphatic heterocycles. The van der Waals surface area contributed by atoms with Crippen LogP contribution < -0.4 is 0 Å². The number of hydrogen-bond donors (Lipinski definition) is 0. The molecule has 0 aromatic rings. The number of esters is 1. The number of hydrogen-bond acceptors (Lipinski definition) is 3. The number of cyclic esters (lactones) is 1. The smallest absolute Gasteiger partial charge is 0.336 e. The fraction of sp³-hybridized carbons (Fsp3) is 0.733. The van der Waals surface area contributed by atoms with Crippen LogP contribution in [0.5, 0.6) is 0 Å². The Bertz CT molecular complexity index is 446. The molecule has 1 saturated carbocycles. The fourth-order valence-corrected chi connectivity index (χ4v) is 3.74. The Morgan fingerprint density at radius 3 is 2.42 bits per heavy atom. The van der Waals surface area contributed by atoms with E-state index in [1.165, 1.54) is 32.1 Å². The minimum atomic E-state index is -0.277. The summed E-state index contributed by atoms with van der Waals surface area (Å²) in [4.78, 5) is 25.6. The molecule has 1 saturated heterocycles. The number of piperidine rings is 1. The Morgan fingerprint density at radius 1 is 1.11 bits per heavy atom. The highest BCUT2D eigenvalue weighted by molar-refractivity contribution is 5.92. The molecule has 2 fully saturated rings. The van der Waals surface area contributed by atoms with Gasteiger partial charge in [0.15, 0.2) is 0 Å². The van der Waals surface area contributed by atoms with Crippen molar-refractivity contribution in [3.8, 4) is 0 Å². The van der Waals surface area contributed by atoms with Crippen molar-refractivity contribution in [1.29, 1.82) is 0 Å². The van der Waals surface area contributed by atoms with E-state index in [1.807, 2.05) is 0 Å². The number of likely N-dealkylation sites (tertiary alicyclic amines) is 1. The van der Waals surface area contributed by atoms with Gasteiger partial charge >= 0.3 is 5.97 Å². The molecule has 3 rings (SSSR count). The van der Waals surface area contributed by atoms with Gasteiger partial charge in [0.25, 0.3) is 0 Å². The molecule has 0 bridgehead atoms. The van der Waals surface area contributed by atoms with Gasteiger partial charge in [-0.3, -0.25) is 4.79 Å². The van der Waals surface area contributed by atoms with Crippen molar-refractivity contribution < 1.29 is 14.3 Å². The van der Waals surface area contributed by atoms with E-state index < -0.39 is 0 Å². The molecule has 4 nitrogen and oxygen atoms in total. The molecule has 4 heteroatoms. The standard InChI is InChI=1S/C15H21NO3/c1-11-12(10-19-14(11)18)16-8-7-15(9-13(16)17)5-3-2-4-6-15/h2-10H2,1H3. The van der Waals surface area contributed by atoms with E-state index in [2.05, 4.69) is 0 Å². The minimum absolute atomic E-state index is 0.181. The van der Waals surface area contributed by atoms with Crippen LogP contribution in [-0.4, -0.2) is 29.9 Å². The van der Waals surface area contributed by atoms with Gasteiger partial charge in [0.05, 0.1) is 11.3 Å². The lowest BCUT2D eigenvalue weighted by atomic mass is 9.68. The quantitative estimate of drug-likeness (QED) is 0.682. The largest absolute Gasteiger partial charge is 0.456 e. The molecule has 0 N–H and O–H groups in total. The summed E-state index contributed by atoms with van der Waals surface area (Å²) in [6.45, 7) is 2.77. The molecule has 0 radical (unpaired) electrons. The monoisotopic (exact) mass is 263 g/mol. The molecule has 104 valence electrons. The third-order valence-corrected chi connectivity index (χ3v) is 5.01. The van der Waals surface area contributed by atoms with Crippen molar-refractivity contribution >= 4 is 11.9 Å². The van der Waals surface area contributed by atoms with Crippen LogP contribution in [0.1, 0.15) is 51.9 Å². The highest BCUT2D eigenvalue weighted by Gasteiger charge is 2.41. The van der Waals surface area contributed by atoms with Crippen molar-refractivity contribution in [1.82, 2.24) is 4.90 Å². The average Bonchev–Trinajstić information content (AvgIpc) is 2.72. The lowest BCUT2D eigenvalue weighted by molar-refractivity contribution is -0.139. The highest BCUT2D eigenvalue weighted by atomic mass is 16.5. The van der Waals surface area contributed by atoms with Gasteiger partial charge in [-0.1, -0.05) is 19.3 Å². The summed E-state index contributed by atoms with van der Waals surface area (Å²) in [5, 5.41) is 0. The normalized spacial score (nSPS) is 27.1. The SMILES string of the molecule is CC1=C(N2CCC3(CCCCC3)CC2=O)COC1=O. The molecular formula is C15H21NO3. The predicted molar refractivity (Wildman–Crippen MR) is 70.1 cm³/mol. The molecule has 0 atom stereocenters. The fourth-order valence-electron chi connectivity index (χ4n) is 3.74. The molecule has 0 aromatic heterocycles. The van der Waals surface area contributed by atoms with E-state index in [1.54, 1.807) is 11.8 Å². The molecule has 3 aliphatic rings. The van der Waals surface area contributed by atoms with Crippen molar-refractivity contribution in [2.24, 2.45) is 5.41 Å². The van der Waals surface area contributed by atoms with Crippen LogP contribution in [0.15, 0.2) is 11.3 Å². The molecule has 1 aliphatic carbocycles. The molecule has 19 heavy (non-hydrogen) atoms. The molecule has 0 unspecified atom stereocenters. The first-order chi connectivity index (χ1) is 9.11. The third-order valence-electron chi connectivity index (χ3n) is 5.01. The minimum Gasteiger partial charge on any atom is -0.456 e. The van der Waals surface area contributed by atoms with Crippen molar-refractivity contribution in [2.45, 2.75) is 51.9 Å². The molecule has 1 spiro atoms. The zero-order valence-electron chi connectivity index (χ0n) is 11.5. The van der Waals surface area contributed by atoms with E-state index in [-0.39, 0.29) is 23.9 Å². The summed E-state index contributed by atoms with van der Waals surface area (Å²) >= 11 is 0. The maximum absolute atomic E-state index is 12.4. The van der Waals surface area contributed by atoms with Crippen LogP contribution in [-0.2, 0) is 14.3 Å². The Kier molecular flexibility index (Phi) is 3.11. The van der Waals surface area contributed by atoms with Crippen LogP contribution in [0.2, 0.25) is 0 Å². The van der Waals surface area contributed by atoms with Gasteiger partial charge in [-0.25, -0.2) is 4.79 Å². The van der Waals surface area contributed by atoms with Crippen LogP contribution >= 0.6 is 0 Å². The Balaban J connectivity index is 1.75. The highest BCUT2D eigenvalue weighted by Crippen LogP contribution is 2.45. The summed E-state index contributed by atoms with van der Waals surface area (Å²) in [5.74, 6) is -0.0958. The van der Waals surface area contributed by atoms with Gasteiger partial charge in [0.2, 0.25) is 5.91 Å². The van der Waals surface area contributed by atoms with Gasteiger partial charge in [-0.05, 0) is 31.6 Å². The summed E-state index contributed by atoms with van der Waals surface area (Å²) in [6, 6.07) is 0. The first kappa shape index (κ1) is 12.7. The maximum Gasteiger partial charge on any atom is 0.336 e. The van der Waals surface area contributed by atoms with Crippen LogP contribution in [0.3, 0.4) is 0 Å². The van der Waals surface area contributed by atoms with E-state index in [4.69, 9.17) is 4.74 Å². The molecule has 1 amide bonds. The Morgan fingerprint density at radius 2 is 1.84 bits per heavy atom. The first-order valence-electron chi connectivity index (χ1n) is 7.29. The van der Waals surface area contributed by atoms with Gasteiger partial charge in [0, 0.05) is 13.0 Å². The van der Waals surface area contributed by atoms with Crippen LogP contribution in [0.4, 0.5) is 0 Å². The Hall–Kier alpha value is -1.32. The summed E-state index contributed by atoms with van der Waals surface area (Å²) < 4.78 is 5.01. The van der Waals surface area contributed by atoms with Gasteiger partial charge < -0.3 is 9.64 Å². The van der Waals surface area contributed by atoms with E-state index >= 15 is 0 Å². The second-order valence-electron chi connectivity index (χ2n) is 6.18. The van der Waals surface area contributed by atoms with Crippen LogP contribution in [0, 0.1) is 5.41 Å². The van der Waals surface area contributed by atoms with E-state index in [0.717, 1.165) is 18.7 Å². The number of carbonyl (C=O) groups excluding carboxylic acids is 2. The number of nitrogens with zero attached hydrogens (tertiary/aromatic N) is 1. The van der Waals surface area contributed by atoms with Crippen molar-refractivity contribution in [2.75, 3.05) is 13.2 Å². The summed E-state index contributed by atoms with van der Waals surface area (Å²) in [6.07, 6.45) is 7.95. The van der Waals surface area contributed by atoms with Crippen molar-refractivity contribution in [3.05, 3.63) is 11.3 Å². The first-order valence-corrected chi connectivity index (χ1v) is 7.29. The average molecular weight is 263 g/mol. The maximum atomic E-state index is 12.4. The number of carbonyl (C=O) groups is 2. The lowest BCUT2D eigenvalue weighted by Gasteiger charge is -2.43. The van der Waals surface area contributed by atoms with Gasteiger partial charge in [-0.2, -0.15) is 0 Å². The molecule has 0 aromatic carbocycles. The predicted octanol–water partition coefficient (Wildman–Crippen LogP) is 2.39. The van der Waals surface area contributed by atoms with E-state index in [0.29, 0.717) is 12.0 Å². The molecular weight excluding hydrogens is 242 g/mol. The van der Waals surface area contributed by atoms with E-state index in [9.17, 15) is 9.59 Å². The second-order valence-corrected chi connectivity index (χ2v) is 6.18. The number of amides is 1. The third kappa shape index (κ3) is 2.17. The topological polar surface area (TPSA) is 46.6 Å². The molecule has 2 heterocycles. The zero-order valence-corrected chi connectivity index (χ0v) is 11.5. The van der Waals surface area contributed by atoms with Gasteiger partial charge in [-0.15, -0.1) is 0 Å². The van der Waals surface area contributed by atoms with Gasteiger partial charge in [0.1, 0.15) is 6.61 Å². The zero-order chi connectivity index (χ0) is 13.5. The second kappa shape index (κ2) is 4.66. The summed E-state index contributed by atoms with van der Waals surface area (Å²) in [5.41, 5.74) is 1.65. The summed E-state index contributed by atoms with van der Waals surface area (Å²) in [7, 11) is 0. The number of ether oxygens (including phenoxy) is 1. The van der Waals surface area contributed by atoms with Crippen molar-refractivity contribution in [3.63, 3.8) is 0 Å².